The molecular formula is C21H23N3O3S. The number of carbonyl (C=O) groups is 1. The Morgan fingerprint density at radius 1 is 1.25 bits per heavy atom. The van der Waals surface area contributed by atoms with Gasteiger partial charge in [0.2, 0.25) is 10.0 Å². The number of aromatic amines is 1. The van der Waals surface area contributed by atoms with Crippen LogP contribution < -0.4 is 9.62 Å². The third-order valence-electron chi connectivity index (χ3n) is 5.21. The van der Waals surface area contributed by atoms with E-state index in [2.05, 4.69) is 16.4 Å². The fourth-order valence-corrected chi connectivity index (χ4v) is 5.26. The molecule has 0 fully saturated rings. The van der Waals surface area contributed by atoms with E-state index in [1.54, 1.807) is 18.2 Å². The lowest BCUT2D eigenvalue weighted by molar-refractivity contribution is 0.0954. The van der Waals surface area contributed by atoms with Gasteiger partial charge in [0.1, 0.15) is 0 Å². The second kappa shape index (κ2) is 6.98. The molecule has 1 atom stereocenters. The van der Waals surface area contributed by atoms with E-state index in [0.29, 0.717) is 24.2 Å². The maximum Gasteiger partial charge on any atom is 0.251 e. The molecule has 2 heterocycles. The van der Waals surface area contributed by atoms with Crippen LogP contribution in [0.2, 0.25) is 0 Å². The van der Waals surface area contributed by atoms with Gasteiger partial charge in [-0.2, -0.15) is 0 Å². The summed E-state index contributed by atoms with van der Waals surface area (Å²) in [7, 11) is -3.33. The summed E-state index contributed by atoms with van der Waals surface area (Å²) in [5.74, 6) is -0.145. The Morgan fingerprint density at radius 2 is 2.04 bits per heavy atom. The van der Waals surface area contributed by atoms with Crippen LogP contribution in [0, 0.1) is 0 Å². The highest BCUT2D eigenvalue weighted by Gasteiger charge is 2.32. The Kier molecular flexibility index (Phi) is 4.63. The van der Waals surface area contributed by atoms with E-state index >= 15 is 0 Å². The Labute approximate surface area is 164 Å². The van der Waals surface area contributed by atoms with E-state index in [0.717, 1.165) is 17.5 Å². The van der Waals surface area contributed by atoms with E-state index < -0.39 is 10.0 Å². The summed E-state index contributed by atoms with van der Waals surface area (Å²) in [5, 5.41) is 4.13. The number of aromatic nitrogens is 1. The predicted octanol–water partition coefficient (Wildman–Crippen LogP) is 2.85. The molecular weight excluding hydrogens is 374 g/mol. The van der Waals surface area contributed by atoms with Gasteiger partial charge in [0.15, 0.2) is 0 Å². The van der Waals surface area contributed by atoms with Gasteiger partial charge in [-0.3, -0.25) is 9.10 Å². The second-order valence-corrected chi connectivity index (χ2v) is 9.18. The summed E-state index contributed by atoms with van der Waals surface area (Å²) in [6.07, 6.45) is 4.54. The molecule has 1 aliphatic rings. The highest BCUT2D eigenvalue weighted by atomic mass is 32.2. The predicted molar refractivity (Wildman–Crippen MR) is 111 cm³/mol. The van der Waals surface area contributed by atoms with Crippen LogP contribution in [0.25, 0.3) is 10.9 Å². The van der Waals surface area contributed by atoms with Crippen LogP contribution in [-0.4, -0.2) is 38.2 Å². The number of anilines is 1. The molecule has 1 aliphatic heterocycles. The van der Waals surface area contributed by atoms with E-state index in [4.69, 9.17) is 0 Å². The highest BCUT2D eigenvalue weighted by molar-refractivity contribution is 7.92. The number of benzene rings is 2. The number of sulfonamides is 1. The van der Waals surface area contributed by atoms with E-state index in [1.807, 2.05) is 31.3 Å². The number of nitrogens with zero attached hydrogens (tertiary/aromatic N) is 1. The van der Waals surface area contributed by atoms with Crippen LogP contribution >= 0.6 is 0 Å². The quantitative estimate of drug-likeness (QED) is 0.695. The van der Waals surface area contributed by atoms with Crippen molar-refractivity contribution in [2.75, 3.05) is 17.1 Å². The van der Waals surface area contributed by atoms with Crippen molar-refractivity contribution in [2.45, 2.75) is 25.8 Å². The number of hydrogen-bond acceptors (Lipinski definition) is 3. The fourth-order valence-electron chi connectivity index (χ4n) is 4.00. The number of fused-ring (bicyclic) bond motifs is 2. The van der Waals surface area contributed by atoms with Crippen LogP contribution in [0.15, 0.2) is 48.7 Å². The molecule has 0 saturated carbocycles. The zero-order valence-electron chi connectivity index (χ0n) is 15.9. The molecule has 6 nitrogen and oxygen atoms in total. The zero-order valence-corrected chi connectivity index (χ0v) is 16.7. The minimum atomic E-state index is -3.33. The number of nitrogens with one attached hydrogen (secondary N) is 2. The van der Waals surface area contributed by atoms with Crippen molar-refractivity contribution < 1.29 is 13.2 Å². The smallest absolute Gasteiger partial charge is 0.251 e. The first-order valence-electron chi connectivity index (χ1n) is 9.30. The molecule has 28 heavy (non-hydrogen) atoms. The molecule has 7 heteroatoms. The summed E-state index contributed by atoms with van der Waals surface area (Å²) in [6.45, 7) is 2.41. The van der Waals surface area contributed by atoms with Crippen LogP contribution in [0.5, 0.6) is 0 Å². The minimum absolute atomic E-state index is 0.134. The molecule has 1 unspecified atom stereocenters. The van der Waals surface area contributed by atoms with Gasteiger partial charge in [-0.25, -0.2) is 8.42 Å². The number of amides is 1. The SMILES string of the molecule is CC1Cc2cc(C(=O)NCCc3c[nH]c4ccccc34)ccc2N1S(C)(=O)=O. The average molecular weight is 398 g/mol. The van der Waals surface area contributed by atoms with Gasteiger partial charge in [0, 0.05) is 35.2 Å². The molecule has 1 amide bonds. The second-order valence-electron chi connectivity index (χ2n) is 7.32. The van der Waals surface area contributed by atoms with Crippen molar-refractivity contribution in [3.8, 4) is 0 Å². The number of H-pyrrole nitrogens is 1. The lowest BCUT2D eigenvalue weighted by Crippen LogP contribution is -2.34. The monoisotopic (exact) mass is 397 g/mol. The largest absolute Gasteiger partial charge is 0.361 e. The topological polar surface area (TPSA) is 82.3 Å². The highest BCUT2D eigenvalue weighted by Crippen LogP contribution is 2.34. The Balaban J connectivity index is 1.44. The summed E-state index contributed by atoms with van der Waals surface area (Å²) >= 11 is 0. The van der Waals surface area contributed by atoms with Crippen molar-refractivity contribution in [1.29, 1.82) is 0 Å². The van der Waals surface area contributed by atoms with Gasteiger partial charge in [-0.1, -0.05) is 18.2 Å². The van der Waals surface area contributed by atoms with Gasteiger partial charge in [0.05, 0.1) is 11.9 Å². The van der Waals surface area contributed by atoms with Crippen molar-refractivity contribution in [2.24, 2.45) is 0 Å². The fraction of sp³-hybridized carbons (Fsp3) is 0.286. The van der Waals surface area contributed by atoms with Gasteiger partial charge in [0.25, 0.3) is 5.91 Å². The summed E-state index contributed by atoms with van der Waals surface area (Å²) < 4.78 is 25.5. The standard InChI is InChI=1S/C21H23N3O3S/c1-14-11-17-12-15(7-8-20(17)24(14)28(2,26)27)21(25)22-10-9-16-13-23-19-6-4-3-5-18(16)19/h3-8,12-14,23H,9-11H2,1-2H3,(H,22,25). The molecule has 0 spiro atoms. The molecule has 4 rings (SSSR count). The molecule has 0 aliphatic carbocycles. The third kappa shape index (κ3) is 3.38. The molecule has 2 N–H and O–H groups in total. The van der Waals surface area contributed by atoms with E-state index in [1.165, 1.54) is 21.5 Å². The maximum atomic E-state index is 12.5. The first-order chi connectivity index (χ1) is 13.3. The van der Waals surface area contributed by atoms with Crippen LogP contribution in [0.4, 0.5) is 5.69 Å². The molecule has 0 saturated heterocycles. The van der Waals surface area contributed by atoms with Gasteiger partial charge in [-0.15, -0.1) is 0 Å². The molecule has 1 aromatic heterocycles. The van der Waals surface area contributed by atoms with Crippen molar-refractivity contribution in [1.82, 2.24) is 10.3 Å². The third-order valence-corrected chi connectivity index (χ3v) is 6.48. The van der Waals surface area contributed by atoms with Crippen molar-refractivity contribution in [3.63, 3.8) is 0 Å². The molecule has 2 aromatic carbocycles. The minimum Gasteiger partial charge on any atom is -0.361 e. The Morgan fingerprint density at radius 3 is 2.82 bits per heavy atom. The first-order valence-corrected chi connectivity index (χ1v) is 11.1. The maximum absolute atomic E-state index is 12.5. The van der Waals surface area contributed by atoms with Crippen LogP contribution in [-0.2, 0) is 22.9 Å². The van der Waals surface area contributed by atoms with Gasteiger partial charge >= 0.3 is 0 Å². The average Bonchev–Trinajstić information content (AvgIpc) is 3.20. The Bertz CT molecular complexity index is 1150. The molecule has 0 bridgehead atoms. The Hall–Kier alpha value is -2.80. The van der Waals surface area contributed by atoms with E-state index in [-0.39, 0.29) is 11.9 Å². The zero-order chi connectivity index (χ0) is 19.9. The van der Waals surface area contributed by atoms with Gasteiger partial charge in [-0.05, 0) is 55.2 Å². The van der Waals surface area contributed by atoms with Crippen molar-refractivity contribution in [3.05, 3.63) is 65.4 Å². The number of para-hydroxylation sites is 1. The van der Waals surface area contributed by atoms with Crippen LogP contribution in [0.1, 0.15) is 28.4 Å². The van der Waals surface area contributed by atoms with Crippen LogP contribution in [0.3, 0.4) is 0 Å². The van der Waals surface area contributed by atoms with E-state index in [9.17, 15) is 13.2 Å². The first kappa shape index (κ1) is 18.6. The molecule has 0 radical (unpaired) electrons. The summed E-state index contributed by atoms with van der Waals surface area (Å²) in [4.78, 5) is 15.8. The van der Waals surface area contributed by atoms with Gasteiger partial charge < -0.3 is 10.3 Å². The van der Waals surface area contributed by atoms with Crippen molar-refractivity contribution >= 4 is 32.5 Å². The summed E-state index contributed by atoms with van der Waals surface area (Å²) in [6, 6.07) is 13.2. The summed E-state index contributed by atoms with van der Waals surface area (Å²) in [5.41, 5.74) is 4.38. The molecule has 146 valence electrons. The lowest BCUT2D eigenvalue weighted by Gasteiger charge is -2.21. The number of carbonyl (C=O) groups excluding carboxylic acids is 1. The lowest BCUT2D eigenvalue weighted by atomic mass is 10.1. The molecule has 3 aromatic rings. The number of rotatable bonds is 5. The normalized spacial score (nSPS) is 16.4. The number of hydrogen-bond donors (Lipinski definition) is 2.